The van der Waals surface area contributed by atoms with Gasteiger partial charge in [0.25, 0.3) is 0 Å². The molecule has 2 aromatic rings. The van der Waals surface area contributed by atoms with Crippen LogP contribution in [-0.2, 0) is 5.41 Å². The van der Waals surface area contributed by atoms with E-state index in [1.54, 1.807) is 0 Å². The summed E-state index contributed by atoms with van der Waals surface area (Å²) in [4.78, 5) is 0. The minimum atomic E-state index is 0.0315. The molecule has 0 aliphatic carbocycles. The standard InChI is InChI=1S/C21H28/c1-13-9-15(3)19(16(4)10-13)21(7,8)20-17(5)11-14(2)12-18(20)6/h9-12H,1-8H3. The predicted octanol–water partition coefficient (Wildman–Crippen LogP) is 5.86. The van der Waals surface area contributed by atoms with Gasteiger partial charge in [0, 0.05) is 5.41 Å². The summed E-state index contributed by atoms with van der Waals surface area (Å²) in [5.41, 5.74) is 11.3. The minimum Gasteiger partial charge on any atom is -0.0561 e. The van der Waals surface area contributed by atoms with Crippen LogP contribution in [0.1, 0.15) is 58.4 Å². The van der Waals surface area contributed by atoms with Gasteiger partial charge in [0.2, 0.25) is 0 Å². The molecule has 0 unspecified atom stereocenters. The SMILES string of the molecule is Cc1cc(C)c(C(C)(C)c2c(C)cc(C)cc2C)c(C)c1. The van der Waals surface area contributed by atoms with Crippen molar-refractivity contribution < 1.29 is 0 Å². The second-order valence-electron chi connectivity index (χ2n) is 7.17. The van der Waals surface area contributed by atoms with Crippen molar-refractivity contribution >= 4 is 0 Å². The van der Waals surface area contributed by atoms with Gasteiger partial charge in [-0.15, -0.1) is 0 Å². The van der Waals surface area contributed by atoms with Crippen LogP contribution in [-0.4, -0.2) is 0 Å². The van der Waals surface area contributed by atoms with E-state index in [1.807, 2.05) is 0 Å². The van der Waals surface area contributed by atoms with Gasteiger partial charge >= 0.3 is 0 Å². The molecular formula is C21H28. The molecule has 0 N–H and O–H groups in total. The predicted molar refractivity (Wildman–Crippen MR) is 93.4 cm³/mol. The fraction of sp³-hybridized carbons (Fsp3) is 0.429. The number of benzene rings is 2. The summed E-state index contributed by atoms with van der Waals surface area (Å²) < 4.78 is 0. The highest BCUT2D eigenvalue weighted by Gasteiger charge is 2.29. The Morgan fingerprint density at radius 1 is 0.524 bits per heavy atom. The number of rotatable bonds is 2. The zero-order valence-electron chi connectivity index (χ0n) is 14.8. The Hall–Kier alpha value is -1.56. The van der Waals surface area contributed by atoms with Crippen molar-refractivity contribution in [2.45, 2.75) is 60.8 Å². The maximum absolute atomic E-state index is 2.36. The molecule has 112 valence electrons. The van der Waals surface area contributed by atoms with Crippen molar-refractivity contribution in [2.75, 3.05) is 0 Å². The molecule has 21 heavy (non-hydrogen) atoms. The molecule has 0 aromatic heterocycles. The van der Waals surface area contributed by atoms with Crippen LogP contribution in [0.5, 0.6) is 0 Å². The van der Waals surface area contributed by atoms with Crippen LogP contribution < -0.4 is 0 Å². The third-order valence-electron chi connectivity index (χ3n) is 4.60. The van der Waals surface area contributed by atoms with Crippen LogP contribution in [0.3, 0.4) is 0 Å². The second-order valence-corrected chi connectivity index (χ2v) is 7.17. The first-order chi connectivity index (χ1) is 9.64. The Kier molecular flexibility index (Phi) is 4.02. The Morgan fingerprint density at radius 3 is 1.00 bits per heavy atom. The van der Waals surface area contributed by atoms with E-state index in [0.29, 0.717) is 0 Å². The zero-order valence-corrected chi connectivity index (χ0v) is 14.8. The molecule has 0 amide bonds. The first kappa shape index (κ1) is 15.8. The lowest BCUT2D eigenvalue weighted by atomic mass is 9.71. The molecular weight excluding hydrogens is 252 g/mol. The molecule has 0 fully saturated rings. The molecule has 0 aliphatic rings. The molecule has 0 heterocycles. The van der Waals surface area contributed by atoms with Crippen LogP contribution in [0.15, 0.2) is 24.3 Å². The zero-order chi connectivity index (χ0) is 15.9. The van der Waals surface area contributed by atoms with Crippen LogP contribution >= 0.6 is 0 Å². The normalized spacial score (nSPS) is 11.8. The minimum absolute atomic E-state index is 0.0315. The molecule has 0 nitrogen and oxygen atoms in total. The quantitative estimate of drug-likeness (QED) is 0.646. The molecule has 2 aromatic carbocycles. The van der Waals surface area contributed by atoms with E-state index >= 15 is 0 Å². The first-order valence-electron chi connectivity index (χ1n) is 7.81. The van der Waals surface area contributed by atoms with E-state index < -0.39 is 0 Å². The maximum Gasteiger partial charge on any atom is 0.0157 e. The van der Waals surface area contributed by atoms with Gasteiger partial charge in [-0.25, -0.2) is 0 Å². The second kappa shape index (κ2) is 5.33. The van der Waals surface area contributed by atoms with E-state index in [2.05, 4.69) is 79.7 Å². The third-order valence-corrected chi connectivity index (χ3v) is 4.60. The topological polar surface area (TPSA) is 0 Å². The smallest absolute Gasteiger partial charge is 0.0157 e. The van der Waals surface area contributed by atoms with Crippen molar-refractivity contribution in [2.24, 2.45) is 0 Å². The van der Waals surface area contributed by atoms with Crippen molar-refractivity contribution in [1.29, 1.82) is 0 Å². The summed E-state index contributed by atoms with van der Waals surface area (Å²) in [5, 5.41) is 0. The fourth-order valence-electron chi connectivity index (χ4n) is 4.46. The highest BCUT2D eigenvalue weighted by Crippen LogP contribution is 2.39. The van der Waals surface area contributed by atoms with Gasteiger partial charge in [0.05, 0.1) is 0 Å². The Bertz CT molecular complexity index is 582. The summed E-state index contributed by atoms with van der Waals surface area (Å²) >= 11 is 0. The Balaban J connectivity index is 2.74. The van der Waals surface area contributed by atoms with Gasteiger partial charge in [0.1, 0.15) is 0 Å². The van der Waals surface area contributed by atoms with Crippen LogP contribution in [0.25, 0.3) is 0 Å². The van der Waals surface area contributed by atoms with Crippen molar-refractivity contribution in [3.63, 3.8) is 0 Å². The van der Waals surface area contributed by atoms with Gasteiger partial charge in [-0.3, -0.25) is 0 Å². The number of hydrogen-bond acceptors (Lipinski definition) is 0. The van der Waals surface area contributed by atoms with Gasteiger partial charge < -0.3 is 0 Å². The number of hydrogen-bond donors (Lipinski definition) is 0. The average Bonchev–Trinajstić information content (AvgIpc) is 2.23. The van der Waals surface area contributed by atoms with Crippen molar-refractivity contribution in [3.8, 4) is 0 Å². The van der Waals surface area contributed by atoms with Crippen molar-refractivity contribution in [3.05, 3.63) is 68.8 Å². The van der Waals surface area contributed by atoms with Gasteiger partial charge in [-0.1, -0.05) is 49.2 Å². The summed E-state index contributed by atoms with van der Waals surface area (Å²) in [5.74, 6) is 0. The maximum atomic E-state index is 2.36. The van der Waals surface area contributed by atoms with Gasteiger partial charge in [-0.05, 0) is 74.9 Å². The Labute approximate surface area is 130 Å². The van der Waals surface area contributed by atoms with E-state index in [9.17, 15) is 0 Å². The van der Waals surface area contributed by atoms with E-state index in [1.165, 1.54) is 44.5 Å². The molecule has 0 heteroatoms. The van der Waals surface area contributed by atoms with E-state index in [4.69, 9.17) is 0 Å². The molecule has 2 rings (SSSR count). The molecule has 0 atom stereocenters. The van der Waals surface area contributed by atoms with E-state index in [0.717, 1.165) is 0 Å². The highest BCUT2D eigenvalue weighted by molar-refractivity contribution is 5.52. The lowest BCUT2D eigenvalue weighted by molar-refractivity contribution is 0.621. The molecule has 0 aliphatic heterocycles. The average molecular weight is 280 g/mol. The van der Waals surface area contributed by atoms with Crippen molar-refractivity contribution in [1.82, 2.24) is 0 Å². The fourth-order valence-corrected chi connectivity index (χ4v) is 4.46. The molecule has 0 saturated heterocycles. The van der Waals surface area contributed by atoms with Crippen LogP contribution in [0.2, 0.25) is 0 Å². The van der Waals surface area contributed by atoms with Gasteiger partial charge in [0.15, 0.2) is 0 Å². The molecule has 0 radical (unpaired) electrons. The summed E-state index contributed by atoms with van der Waals surface area (Å²) in [6.45, 7) is 18.1. The largest absolute Gasteiger partial charge is 0.0561 e. The van der Waals surface area contributed by atoms with Gasteiger partial charge in [-0.2, -0.15) is 0 Å². The molecule has 0 saturated carbocycles. The molecule has 0 bridgehead atoms. The lowest BCUT2D eigenvalue weighted by Crippen LogP contribution is -2.24. The lowest BCUT2D eigenvalue weighted by Gasteiger charge is -2.33. The monoisotopic (exact) mass is 280 g/mol. The summed E-state index contributed by atoms with van der Waals surface area (Å²) in [7, 11) is 0. The third kappa shape index (κ3) is 2.77. The van der Waals surface area contributed by atoms with E-state index in [-0.39, 0.29) is 5.41 Å². The molecule has 0 spiro atoms. The Morgan fingerprint density at radius 2 is 0.762 bits per heavy atom. The summed E-state index contributed by atoms with van der Waals surface area (Å²) in [6, 6.07) is 9.23. The highest BCUT2D eigenvalue weighted by atomic mass is 14.3. The van der Waals surface area contributed by atoms with Crippen LogP contribution in [0, 0.1) is 41.5 Å². The summed E-state index contributed by atoms with van der Waals surface area (Å²) in [6.07, 6.45) is 0. The number of aryl methyl sites for hydroxylation is 6. The first-order valence-corrected chi connectivity index (χ1v) is 7.81. The van der Waals surface area contributed by atoms with Crippen LogP contribution in [0.4, 0.5) is 0 Å².